The lowest BCUT2D eigenvalue weighted by Crippen LogP contribution is -2.31. The number of ether oxygens (including phenoxy) is 1. The molecule has 1 unspecified atom stereocenters. The summed E-state index contributed by atoms with van der Waals surface area (Å²) in [6.45, 7) is 1.11. The Kier molecular flexibility index (Phi) is 6.24. The van der Waals surface area contributed by atoms with E-state index in [-0.39, 0.29) is 16.5 Å². The molecule has 0 spiro atoms. The maximum Gasteiger partial charge on any atom is 0.338 e. The van der Waals surface area contributed by atoms with Gasteiger partial charge in [0.1, 0.15) is 0 Å². The van der Waals surface area contributed by atoms with Crippen LogP contribution in [0, 0.1) is 6.92 Å². The molecule has 2 aromatic heterocycles. The number of hydrogen-bond donors (Lipinski definition) is 1. The molecule has 1 amide bonds. The molecule has 1 atom stereocenters. The van der Waals surface area contributed by atoms with Crippen molar-refractivity contribution < 1.29 is 22.7 Å². The summed E-state index contributed by atoms with van der Waals surface area (Å²) in [6.07, 6.45) is 0.566. The van der Waals surface area contributed by atoms with Gasteiger partial charge < -0.3 is 4.74 Å². The second-order valence-corrected chi connectivity index (χ2v) is 10.6. The van der Waals surface area contributed by atoms with Crippen molar-refractivity contribution in [1.82, 2.24) is 5.01 Å². The summed E-state index contributed by atoms with van der Waals surface area (Å²) >= 11 is 3.07. The summed E-state index contributed by atoms with van der Waals surface area (Å²) < 4.78 is 28.4. The average Bonchev–Trinajstić information content (AvgIpc) is 3.51. The van der Waals surface area contributed by atoms with Crippen molar-refractivity contribution in [3.63, 3.8) is 0 Å². The third-order valence-electron chi connectivity index (χ3n) is 4.93. The van der Waals surface area contributed by atoms with Gasteiger partial charge in [0.05, 0.1) is 27.1 Å². The van der Waals surface area contributed by atoms with Gasteiger partial charge in [0.2, 0.25) is 10.0 Å². The van der Waals surface area contributed by atoms with Gasteiger partial charge in [0.15, 0.2) is 6.61 Å². The molecule has 0 bridgehead atoms. The quantitative estimate of drug-likeness (QED) is 0.533. The normalized spacial score (nSPS) is 16.1. The number of primary sulfonamides is 1. The van der Waals surface area contributed by atoms with Crippen molar-refractivity contribution in [1.29, 1.82) is 0 Å². The molecular formula is C21H19N3O5S3. The summed E-state index contributed by atoms with van der Waals surface area (Å²) in [5.41, 5.74) is 1.34. The van der Waals surface area contributed by atoms with E-state index in [4.69, 9.17) is 9.88 Å². The van der Waals surface area contributed by atoms with Gasteiger partial charge in [-0.05, 0) is 47.5 Å². The smallest absolute Gasteiger partial charge is 0.338 e. The number of nitrogens with two attached hydrogens (primary N) is 1. The van der Waals surface area contributed by atoms with E-state index in [1.165, 1.54) is 28.5 Å². The van der Waals surface area contributed by atoms with Crippen LogP contribution >= 0.6 is 22.7 Å². The number of benzene rings is 1. The lowest BCUT2D eigenvalue weighted by atomic mass is 10.1. The molecule has 1 aliphatic heterocycles. The predicted molar refractivity (Wildman–Crippen MR) is 122 cm³/mol. The van der Waals surface area contributed by atoms with E-state index in [1.54, 1.807) is 18.3 Å². The van der Waals surface area contributed by atoms with Gasteiger partial charge in [-0.15, -0.1) is 22.7 Å². The Morgan fingerprint density at radius 1 is 1.19 bits per heavy atom. The van der Waals surface area contributed by atoms with Gasteiger partial charge in [-0.25, -0.2) is 23.4 Å². The first-order valence-corrected chi connectivity index (χ1v) is 12.8. The molecule has 0 saturated heterocycles. The molecule has 2 N–H and O–H groups in total. The SMILES string of the molecule is Cc1ccc(S(N)(=O)=O)cc1C(=O)OCC(=O)N1N=C(c2cccs2)CC1c1cccs1. The Morgan fingerprint density at radius 3 is 2.59 bits per heavy atom. The van der Waals surface area contributed by atoms with Crippen LogP contribution in [-0.4, -0.2) is 37.6 Å². The Bertz CT molecular complexity index is 1280. The van der Waals surface area contributed by atoms with Crippen LogP contribution in [0.4, 0.5) is 0 Å². The minimum absolute atomic E-state index is 0.0309. The number of amides is 1. The van der Waals surface area contributed by atoms with Crippen LogP contribution in [0.25, 0.3) is 0 Å². The highest BCUT2D eigenvalue weighted by Gasteiger charge is 2.34. The number of hydrogen-bond acceptors (Lipinski definition) is 8. The summed E-state index contributed by atoms with van der Waals surface area (Å²) in [4.78, 5) is 27.3. The van der Waals surface area contributed by atoms with E-state index in [1.807, 2.05) is 35.0 Å². The van der Waals surface area contributed by atoms with Gasteiger partial charge in [-0.1, -0.05) is 18.2 Å². The molecule has 3 aromatic rings. The van der Waals surface area contributed by atoms with E-state index >= 15 is 0 Å². The number of carbonyl (C=O) groups excluding carboxylic acids is 2. The maximum atomic E-state index is 12.9. The lowest BCUT2D eigenvalue weighted by Gasteiger charge is -2.20. The molecule has 0 aliphatic carbocycles. The number of sulfonamides is 1. The van der Waals surface area contributed by atoms with Crippen molar-refractivity contribution in [2.45, 2.75) is 24.3 Å². The predicted octanol–water partition coefficient (Wildman–Crippen LogP) is 3.30. The Morgan fingerprint density at radius 2 is 1.94 bits per heavy atom. The van der Waals surface area contributed by atoms with E-state index in [9.17, 15) is 18.0 Å². The lowest BCUT2D eigenvalue weighted by molar-refractivity contribution is -0.136. The number of aryl methyl sites for hydroxylation is 1. The fraction of sp³-hybridized carbons (Fsp3) is 0.190. The van der Waals surface area contributed by atoms with Gasteiger partial charge >= 0.3 is 5.97 Å². The summed E-state index contributed by atoms with van der Waals surface area (Å²) in [6, 6.07) is 11.4. The molecule has 166 valence electrons. The second kappa shape index (κ2) is 8.94. The molecular weight excluding hydrogens is 470 g/mol. The highest BCUT2D eigenvalue weighted by molar-refractivity contribution is 7.89. The third kappa shape index (κ3) is 4.65. The maximum absolute atomic E-state index is 12.9. The third-order valence-corrected chi connectivity index (χ3v) is 7.73. The molecule has 1 aliphatic rings. The minimum Gasteiger partial charge on any atom is -0.452 e. The highest BCUT2D eigenvalue weighted by atomic mass is 32.2. The fourth-order valence-corrected chi connectivity index (χ4v) is 5.38. The number of nitrogens with zero attached hydrogens (tertiary/aromatic N) is 2. The summed E-state index contributed by atoms with van der Waals surface area (Å²) in [5, 5.41) is 14.9. The topological polar surface area (TPSA) is 119 Å². The first kappa shape index (κ1) is 22.3. The van der Waals surface area contributed by atoms with Crippen LogP contribution in [-0.2, 0) is 19.6 Å². The molecule has 0 saturated carbocycles. The van der Waals surface area contributed by atoms with Gasteiger partial charge in [-0.2, -0.15) is 5.10 Å². The molecule has 3 heterocycles. The average molecular weight is 490 g/mol. The summed E-state index contributed by atoms with van der Waals surface area (Å²) in [7, 11) is -3.98. The van der Waals surface area contributed by atoms with Crippen molar-refractivity contribution in [2.24, 2.45) is 10.2 Å². The van der Waals surface area contributed by atoms with Crippen molar-refractivity contribution in [3.05, 3.63) is 74.1 Å². The number of carbonyl (C=O) groups is 2. The molecule has 0 radical (unpaired) electrons. The van der Waals surface area contributed by atoms with Crippen molar-refractivity contribution in [2.75, 3.05) is 6.61 Å². The van der Waals surface area contributed by atoms with Crippen LogP contribution in [0.15, 0.2) is 63.2 Å². The summed E-state index contributed by atoms with van der Waals surface area (Å²) in [5.74, 6) is -1.28. The zero-order chi connectivity index (χ0) is 22.9. The highest BCUT2D eigenvalue weighted by Crippen LogP contribution is 2.36. The minimum atomic E-state index is -3.98. The van der Waals surface area contributed by atoms with E-state index in [0.717, 1.165) is 21.5 Å². The first-order chi connectivity index (χ1) is 15.2. The Labute approximate surface area is 193 Å². The Hall–Kier alpha value is -2.86. The number of rotatable bonds is 6. The number of hydrazone groups is 1. The molecule has 0 fully saturated rings. The van der Waals surface area contributed by atoms with Crippen LogP contribution in [0.1, 0.15) is 38.1 Å². The number of esters is 1. The van der Waals surface area contributed by atoms with Gasteiger partial charge in [0, 0.05) is 11.3 Å². The zero-order valence-electron chi connectivity index (χ0n) is 16.9. The largest absolute Gasteiger partial charge is 0.452 e. The van der Waals surface area contributed by atoms with Crippen LogP contribution in [0.2, 0.25) is 0 Å². The van der Waals surface area contributed by atoms with Gasteiger partial charge in [0.25, 0.3) is 5.91 Å². The molecule has 32 heavy (non-hydrogen) atoms. The Balaban J connectivity index is 1.52. The van der Waals surface area contributed by atoms with Crippen molar-refractivity contribution >= 4 is 50.3 Å². The van der Waals surface area contributed by atoms with E-state index in [2.05, 4.69) is 5.10 Å². The van der Waals surface area contributed by atoms with Gasteiger partial charge in [-0.3, -0.25) is 4.79 Å². The van der Waals surface area contributed by atoms with Crippen molar-refractivity contribution in [3.8, 4) is 0 Å². The zero-order valence-corrected chi connectivity index (χ0v) is 19.4. The molecule has 11 heteroatoms. The monoisotopic (exact) mass is 489 g/mol. The molecule has 8 nitrogen and oxygen atoms in total. The standard InChI is InChI=1S/C21H19N3O5S3/c1-13-6-7-14(32(22,27)28)10-15(13)21(26)29-12-20(25)24-17(19-5-3-9-31-19)11-16(23-24)18-4-2-8-30-18/h2-10,17H,11-12H2,1H3,(H2,22,27,28). The van der Waals surface area contributed by atoms with Crippen LogP contribution in [0.3, 0.4) is 0 Å². The number of thiophene rings is 2. The van der Waals surface area contributed by atoms with Crippen LogP contribution in [0.5, 0.6) is 0 Å². The second-order valence-electron chi connectivity index (χ2n) is 7.10. The molecule has 4 rings (SSSR count). The van der Waals surface area contributed by atoms with E-state index < -0.39 is 28.5 Å². The fourth-order valence-electron chi connectivity index (χ4n) is 3.30. The first-order valence-electron chi connectivity index (χ1n) is 9.51. The van der Waals surface area contributed by atoms with E-state index in [0.29, 0.717) is 12.0 Å². The van der Waals surface area contributed by atoms with Crippen LogP contribution < -0.4 is 5.14 Å². The molecule has 1 aromatic carbocycles.